The Morgan fingerprint density at radius 1 is 0.941 bits per heavy atom. The molecule has 0 atom stereocenters. The predicted molar refractivity (Wildman–Crippen MR) is 64.1 cm³/mol. The standard InChI is InChI=1S/C13H11N3O/c1-16-9-5-8-11(16)13-15-14-12(17-13)10-6-3-2-4-7-10/h2-9H,1H3. The molecule has 0 spiro atoms. The zero-order valence-corrected chi connectivity index (χ0v) is 9.37. The molecule has 3 rings (SSSR count). The zero-order chi connectivity index (χ0) is 11.7. The van der Waals surface area contributed by atoms with Crippen molar-refractivity contribution in [2.45, 2.75) is 0 Å². The molecule has 0 unspecified atom stereocenters. The van der Waals surface area contributed by atoms with Crippen molar-refractivity contribution < 1.29 is 4.42 Å². The number of rotatable bonds is 2. The van der Waals surface area contributed by atoms with Crippen LogP contribution in [-0.2, 0) is 7.05 Å². The van der Waals surface area contributed by atoms with Crippen LogP contribution >= 0.6 is 0 Å². The van der Waals surface area contributed by atoms with E-state index in [-0.39, 0.29) is 0 Å². The molecule has 2 aromatic heterocycles. The fourth-order valence-electron chi connectivity index (χ4n) is 1.71. The highest BCUT2D eigenvalue weighted by molar-refractivity contribution is 5.55. The highest BCUT2D eigenvalue weighted by atomic mass is 16.4. The molecule has 4 nitrogen and oxygen atoms in total. The van der Waals surface area contributed by atoms with Crippen LogP contribution in [0.3, 0.4) is 0 Å². The molecule has 4 heteroatoms. The van der Waals surface area contributed by atoms with E-state index in [1.165, 1.54) is 0 Å². The lowest BCUT2D eigenvalue weighted by molar-refractivity contribution is 0.578. The maximum Gasteiger partial charge on any atom is 0.264 e. The first-order chi connectivity index (χ1) is 8.34. The van der Waals surface area contributed by atoms with Gasteiger partial charge in [-0.2, -0.15) is 0 Å². The van der Waals surface area contributed by atoms with Crippen molar-refractivity contribution in [3.8, 4) is 23.0 Å². The molecule has 0 bridgehead atoms. The van der Waals surface area contributed by atoms with Gasteiger partial charge in [0, 0.05) is 18.8 Å². The third kappa shape index (κ3) is 1.73. The van der Waals surface area contributed by atoms with Crippen molar-refractivity contribution in [1.82, 2.24) is 14.8 Å². The van der Waals surface area contributed by atoms with E-state index in [1.807, 2.05) is 60.3 Å². The van der Waals surface area contributed by atoms with Gasteiger partial charge in [0.1, 0.15) is 5.69 Å². The van der Waals surface area contributed by atoms with Gasteiger partial charge in [-0.15, -0.1) is 10.2 Å². The molecule has 0 aliphatic carbocycles. The van der Waals surface area contributed by atoms with Gasteiger partial charge in [0.25, 0.3) is 5.89 Å². The van der Waals surface area contributed by atoms with Gasteiger partial charge in [0.05, 0.1) is 0 Å². The van der Waals surface area contributed by atoms with Crippen LogP contribution in [0.1, 0.15) is 0 Å². The van der Waals surface area contributed by atoms with Crippen molar-refractivity contribution >= 4 is 0 Å². The molecule has 0 radical (unpaired) electrons. The van der Waals surface area contributed by atoms with Gasteiger partial charge in [-0.25, -0.2) is 0 Å². The number of nitrogens with zero attached hydrogens (tertiary/aromatic N) is 3. The van der Waals surface area contributed by atoms with E-state index in [0.717, 1.165) is 11.3 Å². The van der Waals surface area contributed by atoms with E-state index < -0.39 is 0 Å². The van der Waals surface area contributed by atoms with Crippen LogP contribution in [0.2, 0.25) is 0 Å². The third-order valence-electron chi connectivity index (χ3n) is 2.61. The quantitative estimate of drug-likeness (QED) is 0.673. The second kappa shape index (κ2) is 3.90. The third-order valence-corrected chi connectivity index (χ3v) is 2.61. The van der Waals surface area contributed by atoms with Crippen LogP contribution in [0.4, 0.5) is 0 Å². The smallest absolute Gasteiger partial charge is 0.264 e. The Hall–Kier alpha value is -2.36. The summed E-state index contributed by atoms with van der Waals surface area (Å²) in [5.41, 5.74) is 1.85. The molecular weight excluding hydrogens is 214 g/mol. The van der Waals surface area contributed by atoms with Crippen molar-refractivity contribution in [2.24, 2.45) is 7.05 Å². The average molecular weight is 225 g/mol. The molecule has 0 amide bonds. The monoisotopic (exact) mass is 225 g/mol. The van der Waals surface area contributed by atoms with Gasteiger partial charge in [-0.3, -0.25) is 0 Å². The van der Waals surface area contributed by atoms with E-state index in [9.17, 15) is 0 Å². The second-order valence-electron chi connectivity index (χ2n) is 3.78. The summed E-state index contributed by atoms with van der Waals surface area (Å²) >= 11 is 0. The molecular formula is C13H11N3O. The van der Waals surface area contributed by atoms with E-state index >= 15 is 0 Å². The highest BCUT2D eigenvalue weighted by Gasteiger charge is 2.11. The molecule has 3 aromatic rings. The van der Waals surface area contributed by atoms with Gasteiger partial charge >= 0.3 is 0 Å². The van der Waals surface area contributed by atoms with Gasteiger partial charge in [0.2, 0.25) is 5.89 Å². The Labute approximate surface area is 98.5 Å². The van der Waals surface area contributed by atoms with Gasteiger partial charge < -0.3 is 8.98 Å². The van der Waals surface area contributed by atoms with Crippen molar-refractivity contribution in [2.75, 3.05) is 0 Å². The lowest BCUT2D eigenvalue weighted by Crippen LogP contribution is -1.88. The van der Waals surface area contributed by atoms with Crippen LogP contribution in [-0.4, -0.2) is 14.8 Å². The second-order valence-corrected chi connectivity index (χ2v) is 3.78. The minimum Gasteiger partial charge on any atom is -0.415 e. The first-order valence-corrected chi connectivity index (χ1v) is 5.35. The molecule has 0 saturated carbocycles. The normalized spacial score (nSPS) is 10.6. The summed E-state index contributed by atoms with van der Waals surface area (Å²) in [7, 11) is 1.95. The molecule has 0 aliphatic heterocycles. The molecule has 2 heterocycles. The molecule has 0 N–H and O–H groups in total. The lowest BCUT2D eigenvalue weighted by atomic mass is 10.2. The largest absolute Gasteiger partial charge is 0.415 e. The van der Waals surface area contributed by atoms with Crippen LogP contribution in [0.15, 0.2) is 53.1 Å². The van der Waals surface area contributed by atoms with Crippen molar-refractivity contribution in [3.05, 3.63) is 48.7 Å². The summed E-state index contributed by atoms with van der Waals surface area (Å²) in [4.78, 5) is 0. The number of aryl methyl sites for hydroxylation is 1. The molecule has 84 valence electrons. The average Bonchev–Trinajstić information content (AvgIpc) is 2.98. The maximum absolute atomic E-state index is 5.65. The highest BCUT2D eigenvalue weighted by Crippen LogP contribution is 2.23. The Balaban J connectivity index is 2.02. The summed E-state index contributed by atoms with van der Waals surface area (Å²) in [6.45, 7) is 0. The van der Waals surface area contributed by atoms with Gasteiger partial charge in [0.15, 0.2) is 0 Å². The number of benzene rings is 1. The molecule has 1 aromatic carbocycles. The van der Waals surface area contributed by atoms with Crippen LogP contribution in [0.5, 0.6) is 0 Å². The predicted octanol–water partition coefficient (Wildman–Crippen LogP) is 2.74. The zero-order valence-electron chi connectivity index (χ0n) is 9.37. The number of hydrogen-bond acceptors (Lipinski definition) is 3. The van der Waals surface area contributed by atoms with E-state index in [4.69, 9.17) is 4.42 Å². The fraction of sp³-hybridized carbons (Fsp3) is 0.0769. The Morgan fingerprint density at radius 2 is 1.71 bits per heavy atom. The van der Waals surface area contributed by atoms with Gasteiger partial charge in [-0.1, -0.05) is 18.2 Å². The topological polar surface area (TPSA) is 43.9 Å². The van der Waals surface area contributed by atoms with Crippen LogP contribution in [0, 0.1) is 0 Å². The first kappa shape index (κ1) is 9.84. The van der Waals surface area contributed by atoms with E-state index in [0.29, 0.717) is 11.8 Å². The summed E-state index contributed by atoms with van der Waals surface area (Å²) in [6.07, 6.45) is 1.95. The summed E-state index contributed by atoms with van der Waals surface area (Å²) < 4.78 is 7.60. The molecule has 17 heavy (non-hydrogen) atoms. The van der Waals surface area contributed by atoms with Crippen LogP contribution < -0.4 is 0 Å². The molecule has 0 saturated heterocycles. The van der Waals surface area contributed by atoms with Gasteiger partial charge in [-0.05, 0) is 24.3 Å². The summed E-state index contributed by atoms with van der Waals surface area (Å²) in [5, 5.41) is 8.11. The first-order valence-electron chi connectivity index (χ1n) is 5.35. The maximum atomic E-state index is 5.65. The summed E-state index contributed by atoms with van der Waals surface area (Å²) in [6, 6.07) is 13.6. The van der Waals surface area contributed by atoms with Crippen molar-refractivity contribution in [1.29, 1.82) is 0 Å². The minimum absolute atomic E-state index is 0.538. The fourth-order valence-corrected chi connectivity index (χ4v) is 1.71. The number of hydrogen-bond donors (Lipinski definition) is 0. The molecule has 0 fully saturated rings. The van der Waals surface area contributed by atoms with Crippen molar-refractivity contribution in [3.63, 3.8) is 0 Å². The SMILES string of the molecule is Cn1cccc1-c1nnc(-c2ccccc2)o1. The minimum atomic E-state index is 0.538. The summed E-state index contributed by atoms with van der Waals surface area (Å²) in [5.74, 6) is 1.08. The molecule has 0 aliphatic rings. The Morgan fingerprint density at radius 3 is 2.41 bits per heavy atom. The Bertz CT molecular complexity index is 625. The lowest BCUT2D eigenvalue weighted by Gasteiger charge is -1.96. The number of aromatic nitrogens is 3. The Kier molecular flexibility index (Phi) is 2.26. The van der Waals surface area contributed by atoms with E-state index in [1.54, 1.807) is 0 Å². The van der Waals surface area contributed by atoms with Crippen LogP contribution in [0.25, 0.3) is 23.0 Å². The van der Waals surface area contributed by atoms with E-state index in [2.05, 4.69) is 10.2 Å².